The van der Waals surface area contributed by atoms with Gasteiger partial charge in [0.05, 0.1) is 63.0 Å². The first kappa shape index (κ1) is 120. The molecule has 2 aromatic heterocycles. The SMILES string of the molecule is C/C(F)=C/C(=O)C(C)(C)C.C/C=C/C(=O)C(C)(C)C.C=C(COC(C)C)C(=O)OCC.C=CC(=O)OC(C=C)C(C)(C)C.CC(C)(C)C1CC=CC1=O.CC(C)(C)c1cnc(F)nc1.CC(C)=CC(=O)C(C)(C)C.CC(C)C.CCOC(=O)/C=C/COC(C)(C)C.COC(=O)/C=C/COC(C)(C)C.NC(=O)c1csc(F)n1. The lowest BCUT2D eigenvalue weighted by Crippen LogP contribution is -2.28. The van der Waals surface area contributed by atoms with Gasteiger partial charge in [-0.2, -0.15) is 8.78 Å². The molecule has 2 atom stereocenters. The summed E-state index contributed by atoms with van der Waals surface area (Å²) in [7, 11) is 1.34. The number of halogens is 3. The molecule has 642 valence electrons. The molecule has 0 fully saturated rings. The summed E-state index contributed by atoms with van der Waals surface area (Å²) in [6.07, 6.45) is 21.7. The van der Waals surface area contributed by atoms with Gasteiger partial charge in [0.15, 0.2) is 23.1 Å². The van der Waals surface area contributed by atoms with Gasteiger partial charge in [0, 0.05) is 69.7 Å². The zero-order valence-corrected chi connectivity index (χ0v) is 76.1. The van der Waals surface area contributed by atoms with E-state index in [9.17, 15) is 56.3 Å². The number of thiazole rings is 1. The molecular formula is C88H147F3N4O16S. The van der Waals surface area contributed by atoms with Gasteiger partial charge in [0.1, 0.15) is 17.6 Å². The largest absolute Gasteiger partial charge is 0.466 e. The topological polar surface area (TPSA) is 283 Å². The van der Waals surface area contributed by atoms with E-state index in [2.05, 4.69) is 81.0 Å². The number of hydrogen-bond acceptors (Lipinski definition) is 20. The van der Waals surface area contributed by atoms with E-state index in [1.54, 1.807) is 77.2 Å². The summed E-state index contributed by atoms with van der Waals surface area (Å²) < 4.78 is 71.1. The number of allylic oxidation sites excluding steroid dienone is 8. The maximum atomic E-state index is 12.3. The van der Waals surface area contributed by atoms with Crippen LogP contribution in [0.1, 0.15) is 265 Å². The molecule has 0 saturated heterocycles. The van der Waals surface area contributed by atoms with Gasteiger partial charge >= 0.3 is 30.0 Å². The van der Waals surface area contributed by atoms with Crippen LogP contribution in [0.5, 0.6) is 0 Å². The van der Waals surface area contributed by atoms with Crippen molar-refractivity contribution in [2.75, 3.05) is 40.1 Å². The average molecular weight is 1610 g/mol. The van der Waals surface area contributed by atoms with Crippen LogP contribution in [0.3, 0.4) is 0 Å². The number of primary amides is 1. The van der Waals surface area contributed by atoms with Crippen molar-refractivity contribution in [1.82, 2.24) is 15.0 Å². The predicted molar refractivity (Wildman–Crippen MR) is 451 cm³/mol. The number of amides is 1. The fourth-order valence-corrected chi connectivity index (χ4v) is 6.66. The first-order valence-corrected chi connectivity index (χ1v) is 38.0. The number of aromatic nitrogens is 3. The Kier molecular flexibility index (Phi) is 65.8. The highest BCUT2D eigenvalue weighted by atomic mass is 32.1. The molecule has 0 aromatic carbocycles. The van der Waals surface area contributed by atoms with E-state index in [-0.39, 0.29) is 104 Å². The molecule has 2 heterocycles. The van der Waals surface area contributed by atoms with Crippen LogP contribution in [0, 0.1) is 50.3 Å². The monoisotopic (exact) mass is 1610 g/mol. The number of rotatable bonds is 19. The van der Waals surface area contributed by atoms with Crippen molar-refractivity contribution in [3.63, 3.8) is 0 Å². The fraction of sp³-hybridized carbons (Fsp3) is 0.614. The Morgan fingerprint density at radius 3 is 1.32 bits per heavy atom. The van der Waals surface area contributed by atoms with Crippen LogP contribution in [-0.4, -0.2) is 131 Å². The number of methoxy groups -OCH3 is 1. The molecule has 0 aliphatic heterocycles. The molecule has 0 saturated carbocycles. The molecule has 1 amide bonds. The minimum Gasteiger partial charge on any atom is -0.466 e. The Balaban J connectivity index is -0.000000178. The van der Waals surface area contributed by atoms with Gasteiger partial charge in [-0.3, -0.25) is 24.0 Å². The molecule has 0 bridgehead atoms. The van der Waals surface area contributed by atoms with Crippen molar-refractivity contribution in [1.29, 1.82) is 0 Å². The number of hydrogen-bond donors (Lipinski definition) is 1. The van der Waals surface area contributed by atoms with Crippen LogP contribution in [0.25, 0.3) is 0 Å². The van der Waals surface area contributed by atoms with Crippen molar-refractivity contribution in [3.05, 3.63) is 150 Å². The standard InChI is InChI=1S/C10H18O3.C10H16O2.2C9H16O3.C9H14O.C9H16O.C8H11FN2.C8H13FO.C8H14O.C4H3FN2OS.C4H10/c1-5-12-9(11)7-6-8-13-10(2,3)4;1-6-8(10(3,4)5)12-9(11)7-2;1-9(2,3)12-7-5-6-8(10)11-4;1-5-11-9(10)8(4)6-12-7(2)3;1-9(2,3)7-5-4-6-8(7)10;1-7(2)6-8(10)9(3,4)5;1-8(2,3)6-4-10-7(9)11-5-6;1-6(9)5-7(10)8(2,3)4;1-5-6-7(9)8(2,3)4;5-4-7-2(1-9-4)3(6)8;1-4(2)3/h6-7H,5,8H2,1-4H3;6-8H,1-2H2,3-5H3;5-6H,7H2,1-4H3;7H,4-6H2,1-3H3;4,6-7H,5H2,1-3H3;6H,1-5H3;4-5H,1-3H3;5H,1-4H3;5-6H,1-4H3;1H,(H2,6,8);4H,1-3H3/b7-6+;;6-5+;;;;;6-5-;6-5+;;. The van der Waals surface area contributed by atoms with Gasteiger partial charge in [-0.1, -0.05) is 212 Å². The zero-order valence-electron chi connectivity index (χ0n) is 75.3. The number of esters is 4. The number of ketones is 4. The molecular weight excluding hydrogens is 1460 g/mol. The Morgan fingerprint density at radius 2 is 1.08 bits per heavy atom. The van der Waals surface area contributed by atoms with Gasteiger partial charge in [0.2, 0.25) is 0 Å². The van der Waals surface area contributed by atoms with E-state index in [1.807, 2.05) is 165 Å². The molecule has 1 aliphatic carbocycles. The molecule has 1 aliphatic rings. The number of carbonyl (C=O) groups excluding carboxylic acids is 9. The third kappa shape index (κ3) is 81.6. The van der Waals surface area contributed by atoms with Crippen molar-refractivity contribution in [2.24, 2.45) is 44.6 Å². The van der Waals surface area contributed by atoms with E-state index in [4.69, 9.17) is 34.2 Å². The first-order chi connectivity index (χ1) is 50.5. The lowest BCUT2D eigenvalue weighted by atomic mass is 9.79. The molecule has 3 rings (SSSR count). The first-order valence-electron chi connectivity index (χ1n) is 37.1. The Morgan fingerprint density at radius 1 is 0.652 bits per heavy atom. The second kappa shape index (κ2) is 61.6. The van der Waals surface area contributed by atoms with Crippen LogP contribution in [0.2, 0.25) is 0 Å². The minimum absolute atomic E-state index is 0.00625. The van der Waals surface area contributed by atoms with Crippen LogP contribution in [-0.2, 0) is 76.9 Å². The van der Waals surface area contributed by atoms with Crippen molar-refractivity contribution < 1.29 is 89.5 Å². The lowest BCUT2D eigenvalue weighted by molar-refractivity contribution is -0.145. The molecule has 20 nitrogen and oxygen atoms in total. The van der Waals surface area contributed by atoms with Gasteiger partial charge in [-0.25, -0.2) is 38.5 Å². The zero-order chi connectivity index (χ0) is 90.2. The molecule has 2 unspecified atom stereocenters. The van der Waals surface area contributed by atoms with Gasteiger partial charge < -0.3 is 38.9 Å². The van der Waals surface area contributed by atoms with Gasteiger partial charge in [-0.15, -0.1) is 0 Å². The minimum atomic E-state index is -0.699. The third-order valence-corrected chi connectivity index (χ3v) is 13.0. The number of carbonyl (C=O) groups is 9. The number of nitrogens with two attached hydrogens (primary N) is 1. The highest BCUT2D eigenvalue weighted by Crippen LogP contribution is 2.33. The van der Waals surface area contributed by atoms with Gasteiger partial charge in [0.25, 0.3) is 11.2 Å². The molecule has 24 heteroatoms. The van der Waals surface area contributed by atoms with Crippen LogP contribution in [0.15, 0.2) is 127 Å². The van der Waals surface area contributed by atoms with E-state index >= 15 is 0 Å². The van der Waals surface area contributed by atoms with Crippen molar-refractivity contribution >= 4 is 64.3 Å². The summed E-state index contributed by atoms with van der Waals surface area (Å²) >= 11 is 0.754. The summed E-state index contributed by atoms with van der Waals surface area (Å²) in [5, 5.41) is 0.640. The third-order valence-electron chi connectivity index (χ3n) is 12.4. The second-order valence-corrected chi connectivity index (χ2v) is 34.9. The van der Waals surface area contributed by atoms with E-state index in [0.29, 0.717) is 37.8 Å². The number of ether oxygens (including phenoxy) is 7. The van der Waals surface area contributed by atoms with Gasteiger partial charge in [-0.05, 0) is 144 Å². The van der Waals surface area contributed by atoms with Crippen LogP contribution < -0.4 is 5.73 Å². The van der Waals surface area contributed by atoms with E-state index in [1.165, 1.54) is 44.0 Å². The summed E-state index contributed by atoms with van der Waals surface area (Å²) in [5.74, 6) is -1.01. The number of nitrogens with zero attached hydrogens (tertiary/aromatic N) is 3. The van der Waals surface area contributed by atoms with Crippen LogP contribution in [0.4, 0.5) is 13.2 Å². The van der Waals surface area contributed by atoms with E-state index < -0.39 is 34.5 Å². The highest BCUT2D eigenvalue weighted by molar-refractivity contribution is 7.08. The van der Waals surface area contributed by atoms with Crippen LogP contribution >= 0.6 is 11.3 Å². The normalized spacial score (nSPS) is 12.9. The lowest BCUT2D eigenvalue weighted by Gasteiger charge is -2.26. The smallest absolute Gasteiger partial charge is 0.335 e. The van der Waals surface area contributed by atoms with Crippen molar-refractivity contribution in [2.45, 2.75) is 278 Å². The average Bonchev–Trinajstić information content (AvgIpc) is 1.70. The summed E-state index contributed by atoms with van der Waals surface area (Å²) in [4.78, 5) is 108. The maximum absolute atomic E-state index is 12.3. The summed E-state index contributed by atoms with van der Waals surface area (Å²) in [6.45, 7) is 80.1. The summed E-state index contributed by atoms with van der Waals surface area (Å²) in [6, 6.07) is 0. The molecule has 112 heavy (non-hydrogen) atoms. The quantitative estimate of drug-likeness (QED) is 0.0449. The summed E-state index contributed by atoms with van der Waals surface area (Å²) in [5.41, 5.74) is 5.91. The second-order valence-electron chi connectivity index (χ2n) is 34.1. The molecule has 2 N–H and O–H groups in total. The maximum Gasteiger partial charge on any atom is 0.335 e. The molecule has 0 radical (unpaired) electrons. The van der Waals surface area contributed by atoms with E-state index in [0.717, 1.165) is 47.0 Å². The predicted octanol–water partition coefficient (Wildman–Crippen LogP) is 20.7. The fourth-order valence-electron chi connectivity index (χ4n) is 6.13. The highest BCUT2D eigenvalue weighted by Gasteiger charge is 2.31. The Hall–Kier alpha value is -7.93. The Labute approximate surface area is 677 Å². The van der Waals surface area contributed by atoms with Crippen molar-refractivity contribution in [3.8, 4) is 0 Å². The Bertz CT molecular complexity index is 3210. The molecule has 0 spiro atoms. The molecule has 2 aromatic rings.